The van der Waals surface area contributed by atoms with Gasteiger partial charge >= 0.3 is 0 Å². The molecule has 0 saturated carbocycles. The van der Waals surface area contributed by atoms with Crippen LogP contribution in [0, 0.1) is 13.8 Å². The second-order valence-electron chi connectivity index (χ2n) is 6.79. The Balaban J connectivity index is 1.55. The lowest BCUT2D eigenvalue weighted by Crippen LogP contribution is -2.17. The van der Waals surface area contributed by atoms with Gasteiger partial charge in [-0.2, -0.15) is 5.10 Å². The molecule has 0 bridgehead atoms. The topological polar surface area (TPSA) is 79.5 Å². The van der Waals surface area contributed by atoms with E-state index in [9.17, 15) is 9.90 Å². The van der Waals surface area contributed by atoms with Gasteiger partial charge in [0.2, 0.25) is 0 Å². The van der Waals surface area contributed by atoms with Crippen molar-refractivity contribution < 1.29 is 9.90 Å². The molecule has 0 aliphatic carbocycles. The first kappa shape index (κ1) is 18.4. The van der Waals surface area contributed by atoms with Crippen molar-refractivity contribution in [3.05, 3.63) is 89.5 Å². The summed E-state index contributed by atoms with van der Waals surface area (Å²) in [5.41, 5.74) is 6.55. The summed E-state index contributed by atoms with van der Waals surface area (Å²) in [6.45, 7) is 3.99. The number of amides is 1. The maximum absolute atomic E-state index is 12.5. The molecule has 2 heterocycles. The Labute approximate surface area is 168 Å². The molecular weight excluding hydrogens is 364 g/mol. The van der Waals surface area contributed by atoms with E-state index in [0.717, 1.165) is 33.4 Å². The van der Waals surface area contributed by atoms with Crippen LogP contribution < -0.4 is 5.43 Å². The number of aromatic nitrogens is 2. The quantitative estimate of drug-likeness (QED) is 0.410. The molecule has 2 N–H and O–H groups in total. The molecular formula is C23H20N4O2. The Bertz CT molecular complexity index is 1230. The summed E-state index contributed by atoms with van der Waals surface area (Å²) in [5, 5.41) is 16.0. The summed E-state index contributed by atoms with van der Waals surface area (Å²) in [5.74, 6) is -0.545. The maximum Gasteiger partial charge on any atom is 0.275 e. The lowest BCUT2D eigenvalue weighted by atomic mass is 10.1. The third kappa shape index (κ3) is 3.60. The van der Waals surface area contributed by atoms with Crippen LogP contribution in [0.4, 0.5) is 0 Å². The highest BCUT2D eigenvalue weighted by Gasteiger charge is 2.13. The Kier molecular flexibility index (Phi) is 4.83. The van der Waals surface area contributed by atoms with Crippen LogP contribution in [0.2, 0.25) is 0 Å². The van der Waals surface area contributed by atoms with Crippen LogP contribution in [0.15, 0.2) is 72.1 Å². The normalized spacial score (nSPS) is 11.2. The van der Waals surface area contributed by atoms with E-state index in [1.165, 1.54) is 0 Å². The molecule has 6 heteroatoms. The predicted molar refractivity (Wildman–Crippen MR) is 114 cm³/mol. The van der Waals surface area contributed by atoms with Crippen LogP contribution in [-0.4, -0.2) is 26.8 Å². The van der Waals surface area contributed by atoms with Crippen molar-refractivity contribution in [2.45, 2.75) is 13.8 Å². The minimum absolute atomic E-state index is 0.0776. The summed E-state index contributed by atoms with van der Waals surface area (Å²) in [7, 11) is 0. The zero-order valence-electron chi connectivity index (χ0n) is 16.1. The van der Waals surface area contributed by atoms with E-state index in [-0.39, 0.29) is 11.3 Å². The van der Waals surface area contributed by atoms with Crippen molar-refractivity contribution >= 4 is 22.9 Å². The zero-order valence-corrected chi connectivity index (χ0v) is 16.1. The van der Waals surface area contributed by atoms with Gasteiger partial charge in [-0.3, -0.25) is 9.78 Å². The number of rotatable bonds is 4. The number of carbonyl (C=O) groups excluding carboxylic acids is 1. The van der Waals surface area contributed by atoms with Gasteiger partial charge < -0.3 is 9.67 Å². The molecule has 0 unspecified atom stereocenters. The number of aryl methyl sites for hydroxylation is 1. The van der Waals surface area contributed by atoms with Gasteiger partial charge in [-0.05, 0) is 55.0 Å². The van der Waals surface area contributed by atoms with E-state index in [0.29, 0.717) is 0 Å². The third-order valence-corrected chi connectivity index (χ3v) is 4.85. The van der Waals surface area contributed by atoms with Gasteiger partial charge in [0.05, 0.1) is 23.7 Å². The molecule has 0 fully saturated rings. The molecule has 2 aromatic heterocycles. The first-order valence-corrected chi connectivity index (χ1v) is 9.19. The number of benzene rings is 2. The Morgan fingerprint density at radius 3 is 2.59 bits per heavy atom. The molecule has 0 atom stereocenters. The Hall–Kier alpha value is -3.93. The molecule has 2 aromatic carbocycles. The van der Waals surface area contributed by atoms with E-state index < -0.39 is 5.91 Å². The van der Waals surface area contributed by atoms with Crippen molar-refractivity contribution in [3.63, 3.8) is 0 Å². The monoisotopic (exact) mass is 384 g/mol. The fraction of sp³-hybridized carbons (Fsp3) is 0.0870. The summed E-state index contributed by atoms with van der Waals surface area (Å²) in [6.07, 6.45) is 5.13. The number of pyridine rings is 1. The van der Waals surface area contributed by atoms with E-state index in [1.807, 2.05) is 56.3 Å². The predicted octanol–water partition coefficient (Wildman–Crippen LogP) is 4.11. The van der Waals surface area contributed by atoms with Crippen LogP contribution in [0.5, 0.6) is 5.75 Å². The summed E-state index contributed by atoms with van der Waals surface area (Å²) < 4.78 is 2.07. The lowest BCUT2D eigenvalue weighted by molar-refractivity contribution is 0.0952. The van der Waals surface area contributed by atoms with E-state index >= 15 is 0 Å². The van der Waals surface area contributed by atoms with Crippen molar-refractivity contribution in [1.82, 2.24) is 15.0 Å². The largest absolute Gasteiger partial charge is 0.507 e. The number of phenols is 1. The van der Waals surface area contributed by atoms with Crippen LogP contribution >= 0.6 is 0 Å². The average Bonchev–Trinajstić information content (AvgIpc) is 3.01. The molecule has 144 valence electrons. The van der Waals surface area contributed by atoms with E-state index in [2.05, 4.69) is 20.1 Å². The minimum atomic E-state index is -0.467. The highest BCUT2D eigenvalue weighted by molar-refractivity contribution is 6.01. The first-order valence-electron chi connectivity index (χ1n) is 9.19. The molecule has 0 saturated heterocycles. The van der Waals surface area contributed by atoms with Gasteiger partial charge in [-0.25, -0.2) is 5.43 Å². The second-order valence-corrected chi connectivity index (χ2v) is 6.79. The van der Waals surface area contributed by atoms with Crippen molar-refractivity contribution in [2.75, 3.05) is 0 Å². The van der Waals surface area contributed by atoms with Crippen molar-refractivity contribution in [1.29, 1.82) is 0 Å². The molecule has 4 rings (SSSR count). The second kappa shape index (κ2) is 7.59. The van der Waals surface area contributed by atoms with Gasteiger partial charge in [0.15, 0.2) is 0 Å². The highest BCUT2D eigenvalue weighted by Crippen LogP contribution is 2.25. The summed E-state index contributed by atoms with van der Waals surface area (Å²) >= 11 is 0. The smallest absolute Gasteiger partial charge is 0.275 e. The summed E-state index contributed by atoms with van der Waals surface area (Å²) in [4.78, 5) is 16.6. The number of nitrogens with zero attached hydrogens (tertiary/aromatic N) is 3. The maximum atomic E-state index is 12.5. The number of hydrogen-bond donors (Lipinski definition) is 2. The van der Waals surface area contributed by atoms with Crippen LogP contribution in [-0.2, 0) is 0 Å². The first-order chi connectivity index (χ1) is 14.0. The zero-order chi connectivity index (χ0) is 20.4. The lowest BCUT2D eigenvalue weighted by Gasteiger charge is -2.08. The van der Waals surface area contributed by atoms with Gasteiger partial charge in [-0.15, -0.1) is 0 Å². The Morgan fingerprint density at radius 2 is 1.86 bits per heavy atom. The minimum Gasteiger partial charge on any atom is -0.507 e. The number of phenolic OH excluding ortho intramolecular Hbond substituents is 1. The molecule has 0 aliphatic heterocycles. The average molecular weight is 384 g/mol. The molecule has 4 aromatic rings. The molecule has 29 heavy (non-hydrogen) atoms. The number of hydrogen-bond acceptors (Lipinski definition) is 4. The van der Waals surface area contributed by atoms with Gasteiger partial charge in [0.1, 0.15) is 5.75 Å². The molecule has 1 amide bonds. The molecule has 0 spiro atoms. The van der Waals surface area contributed by atoms with E-state index in [4.69, 9.17) is 0 Å². The van der Waals surface area contributed by atoms with Crippen LogP contribution in [0.1, 0.15) is 27.3 Å². The van der Waals surface area contributed by atoms with Gasteiger partial charge in [-0.1, -0.05) is 24.3 Å². The molecule has 0 radical (unpaired) electrons. The van der Waals surface area contributed by atoms with Crippen molar-refractivity contribution in [2.24, 2.45) is 5.10 Å². The number of fused-ring (bicyclic) bond motifs is 1. The fourth-order valence-electron chi connectivity index (χ4n) is 3.43. The molecule has 6 nitrogen and oxygen atoms in total. The number of nitrogens with one attached hydrogen (secondary N) is 1. The van der Waals surface area contributed by atoms with Crippen LogP contribution in [0.3, 0.4) is 0 Å². The number of hydrazone groups is 1. The standard InChI is InChI=1S/C23H20N4O2/c1-15-10-19(16(2)27(15)20-8-5-9-24-14-20)13-25-26-23(29)21-11-17-6-3-4-7-18(17)12-22(21)28/h3-14,28H,1-2H3,(H,26,29). The van der Waals surface area contributed by atoms with E-state index in [1.54, 1.807) is 30.7 Å². The van der Waals surface area contributed by atoms with Crippen molar-refractivity contribution in [3.8, 4) is 11.4 Å². The Morgan fingerprint density at radius 1 is 1.10 bits per heavy atom. The molecule has 0 aliphatic rings. The fourth-order valence-corrected chi connectivity index (χ4v) is 3.43. The highest BCUT2D eigenvalue weighted by atomic mass is 16.3. The SMILES string of the molecule is Cc1cc(C=NNC(=O)c2cc3ccccc3cc2O)c(C)n1-c1cccnc1. The number of aromatic hydroxyl groups is 1. The van der Waals surface area contributed by atoms with Gasteiger partial charge in [0, 0.05) is 23.1 Å². The van der Waals surface area contributed by atoms with Crippen LogP contribution in [0.25, 0.3) is 16.5 Å². The number of carbonyl (C=O) groups is 1. The van der Waals surface area contributed by atoms with Gasteiger partial charge in [0.25, 0.3) is 5.91 Å². The summed E-state index contributed by atoms with van der Waals surface area (Å²) in [6, 6.07) is 16.6. The third-order valence-electron chi connectivity index (χ3n) is 4.85.